The van der Waals surface area contributed by atoms with Crippen molar-refractivity contribution in [1.82, 2.24) is 34.4 Å². The van der Waals surface area contributed by atoms with Crippen molar-refractivity contribution >= 4 is 48.6 Å². The number of aromatic nitrogens is 6. The van der Waals surface area contributed by atoms with E-state index in [-0.39, 0.29) is 67.1 Å². The fourth-order valence-electron chi connectivity index (χ4n) is 7.22. The number of piperidine rings is 1. The first-order valence-corrected chi connectivity index (χ1v) is 20.8. The van der Waals surface area contributed by atoms with Crippen molar-refractivity contribution in [3.8, 4) is 22.9 Å². The normalized spacial score (nSPS) is 19.4. The third-order valence-electron chi connectivity index (χ3n) is 10.1. The maximum atomic E-state index is 13.4. The summed E-state index contributed by atoms with van der Waals surface area (Å²) in [5.41, 5.74) is 9.16. The molecule has 19 heteroatoms. The molecule has 4 atom stereocenters. The van der Waals surface area contributed by atoms with Gasteiger partial charge in [-0.25, -0.2) is 16.2 Å². The Labute approximate surface area is 345 Å². The number of carbonyl (C=O) groups is 1. The van der Waals surface area contributed by atoms with E-state index < -0.39 is 32.5 Å². The van der Waals surface area contributed by atoms with Gasteiger partial charge in [0.1, 0.15) is 12.8 Å². The van der Waals surface area contributed by atoms with Crippen molar-refractivity contribution < 1.29 is 24.4 Å². The molecule has 2 aliphatic heterocycles. The summed E-state index contributed by atoms with van der Waals surface area (Å²) in [6.07, 6.45) is 1.96. The first-order chi connectivity index (χ1) is 28.9. The summed E-state index contributed by atoms with van der Waals surface area (Å²) in [5, 5.41) is 14.6. The minimum atomic E-state index is -1.58. The molecule has 2 aromatic carbocycles. The molecule has 5 heterocycles. The van der Waals surface area contributed by atoms with Crippen molar-refractivity contribution in [1.29, 1.82) is 0 Å². The highest BCUT2D eigenvalue weighted by atomic mass is 31.2. The van der Waals surface area contributed by atoms with E-state index in [9.17, 15) is 9.59 Å². The number of rotatable bonds is 15. The highest BCUT2D eigenvalue weighted by Crippen LogP contribution is 2.50. The molecule has 312 valence electrons. The van der Waals surface area contributed by atoms with Crippen LogP contribution in [0.2, 0.25) is 0 Å². The van der Waals surface area contributed by atoms with Gasteiger partial charge in [0.15, 0.2) is 11.2 Å². The van der Waals surface area contributed by atoms with Gasteiger partial charge in [0.2, 0.25) is 30.2 Å². The van der Waals surface area contributed by atoms with Crippen LogP contribution in [0.3, 0.4) is 0 Å². The lowest BCUT2D eigenvalue weighted by Crippen LogP contribution is -2.39. The number of nitrogens with one attached hydrogen (secondary N) is 3. The zero-order valence-electron chi connectivity index (χ0n) is 34.8. The lowest BCUT2D eigenvalue weighted by molar-refractivity contribution is -0.114. The third-order valence-corrected chi connectivity index (χ3v) is 12.2. The van der Waals surface area contributed by atoms with E-state index in [2.05, 4.69) is 72.9 Å². The van der Waals surface area contributed by atoms with Crippen molar-refractivity contribution in [3.05, 3.63) is 70.6 Å². The number of hydrogen-bond acceptors (Lipinski definition) is 14. The van der Waals surface area contributed by atoms with Crippen LogP contribution < -0.4 is 26.8 Å². The number of ether oxygens (including phenoxy) is 1. The maximum absolute atomic E-state index is 13.4. The van der Waals surface area contributed by atoms with Crippen LogP contribution in [0.25, 0.3) is 38.9 Å². The van der Waals surface area contributed by atoms with Gasteiger partial charge in [-0.15, -0.1) is 10.2 Å². The number of H-pyrrole nitrogens is 1. The summed E-state index contributed by atoms with van der Waals surface area (Å²) in [5.74, 6) is 0.361. The summed E-state index contributed by atoms with van der Waals surface area (Å²) in [6, 6.07) is 13.6. The minimum Gasteiger partial charge on any atom is -0.416 e. The van der Waals surface area contributed by atoms with Crippen LogP contribution >= 0.6 is 8.53 Å². The zero-order valence-corrected chi connectivity index (χ0v) is 34.7. The van der Waals surface area contributed by atoms with Gasteiger partial charge < -0.3 is 44.3 Å². The number of fused-ring (bicyclic) bond motifs is 1. The molecule has 3 aromatic heterocycles. The van der Waals surface area contributed by atoms with Crippen molar-refractivity contribution in [2.45, 2.75) is 97.3 Å². The first kappa shape index (κ1) is 40.5. The molecule has 59 heavy (non-hydrogen) atoms. The maximum Gasteiger partial charge on any atom is 0.280 e. The van der Waals surface area contributed by atoms with E-state index in [4.69, 9.17) is 36.9 Å². The van der Waals surface area contributed by atoms with E-state index in [1.165, 1.54) is 13.3 Å². The number of carbonyl (C=O) groups excluding carboxylic acids is 1. The Kier molecular flexibility index (Phi) is 12.6. The summed E-state index contributed by atoms with van der Waals surface area (Å²) in [7, 11) is -1.58. The summed E-state index contributed by atoms with van der Waals surface area (Å²) < 4.78 is 37.3. The van der Waals surface area contributed by atoms with Gasteiger partial charge in [-0.2, -0.15) is 4.98 Å². The van der Waals surface area contributed by atoms with Gasteiger partial charge in [-0.3, -0.25) is 19.1 Å². The molecule has 1 amide bonds. The predicted octanol–water partition coefficient (Wildman–Crippen LogP) is 6.44. The topological polar surface area (TPSA) is 208 Å². The Morgan fingerprint density at radius 3 is 2.51 bits per heavy atom. The quantitative estimate of drug-likeness (QED) is 0.0509. The molecule has 0 radical (unpaired) electrons. The van der Waals surface area contributed by atoms with Gasteiger partial charge >= 0.3 is 0 Å². The van der Waals surface area contributed by atoms with Crippen molar-refractivity contribution in [3.63, 3.8) is 0 Å². The SMILES string of the molecule is [2H]C[C@H]1O[C@@H](n2cnc3c(=O)[nH]c(Nc4cc(-c5nnc(-c6ccc(N7CCC(N)CC7)cc6)o5)ccc4NC(C)=O)nc32)CC1OP(OCC[N+]#[C-])N(C(C)C)C(C)C. The Hall–Kier alpha value is -5.28. The zero-order chi connectivity index (χ0) is 42.5. The highest BCUT2D eigenvalue weighted by molar-refractivity contribution is 7.44. The van der Waals surface area contributed by atoms with Crippen molar-refractivity contribution in [2.75, 3.05) is 41.8 Å². The van der Waals surface area contributed by atoms with Gasteiger partial charge in [0.25, 0.3) is 14.1 Å². The number of nitrogens with zero attached hydrogens (tertiary/aromatic N) is 8. The fraction of sp³-hybridized carbons (Fsp3) is 0.475. The number of aromatic amines is 1. The number of anilines is 4. The molecule has 0 saturated carbocycles. The second-order valence-corrected chi connectivity index (χ2v) is 16.5. The molecule has 5 aromatic rings. The molecule has 2 fully saturated rings. The summed E-state index contributed by atoms with van der Waals surface area (Å²) in [4.78, 5) is 43.3. The summed E-state index contributed by atoms with van der Waals surface area (Å²) >= 11 is 0. The number of hydrogen-bond donors (Lipinski definition) is 4. The van der Waals surface area contributed by atoms with Crippen LogP contribution in [0.4, 0.5) is 23.0 Å². The molecule has 2 saturated heterocycles. The van der Waals surface area contributed by atoms with E-state index in [1.54, 1.807) is 22.8 Å². The fourth-order valence-corrected chi connectivity index (χ4v) is 8.97. The number of amides is 1. The Bertz CT molecular complexity index is 2350. The molecule has 2 aliphatic rings. The third kappa shape index (κ3) is 9.62. The summed E-state index contributed by atoms with van der Waals surface area (Å²) in [6.45, 7) is 19.0. The van der Waals surface area contributed by atoms with Crippen LogP contribution in [0, 0.1) is 6.57 Å². The van der Waals surface area contributed by atoms with E-state index in [1.807, 2.05) is 24.3 Å². The standard InChI is InChI=1S/C40H51N12O6P/c1-23(2)52(24(3)4)59(55-19-16-42-7)58-33-21-34(56-25(33)5)51-22-43-35-36(51)46-40(47-37(35)54)45-32-20-28(10-13-31(32)44-26(6)53)39-49-48-38(57-39)27-8-11-30(12-9-27)50-17-14-29(41)15-18-50/h8-13,20,22-25,29,33-34H,14-19,21,41H2,1-6H3,(H,44,53)(H2,45,46,47,54)/t25-,33?,34-,59?/m1/s1/i5D. The molecule has 0 aliphatic carbocycles. The Morgan fingerprint density at radius 2 is 1.83 bits per heavy atom. The predicted molar refractivity (Wildman–Crippen MR) is 226 cm³/mol. The minimum absolute atomic E-state index is 0.0732. The Morgan fingerprint density at radius 1 is 1.12 bits per heavy atom. The number of benzene rings is 2. The van der Waals surface area contributed by atoms with Crippen LogP contribution in [0.5, 0.6) is 0 Å². The van der Waals surface area contributed by atoms with Crippen molar-refractivity contribution in [2.24, 2.45) is 5.73 Å². The second-order valence-electron chi connectivity index (χ2n) is 15.1. The monoisotopic (exact) mass is 827 g/mol. The largest absolute Gasteiger partial charge is 0.416 e. The van der Waals surface area contributed by atoms with Crippen LogP contribution in [-0.4, -0.2) is 96.9 Å². The average Bonchev–Trinajstić information content (AvgIpc) is 3.98. The van der Waals surface area contributed by atoms with E-state index >= 15 is 0 Å². The number of nitrogens with two attached hydrogens (primary N) is 1. The molecule has 2 unspecified atom stereocenters. The lowest BCUT2D eigenvalue weighted by atomic mass is 10.1. The van der Waals surface area contributed by atoms with Gasteiger partial charge in [-0.05, 0) is 89.9 Å². The van der Waals surface area contributed by atoms with Crippen LogP contribution in [-0.2, 0) is 18.6 Å². The van der Waals surface area contributed by atoms with Crippen LogP contribution in [0.1, 0.15) is 68.4 Å². The lowest BCUT2D eigenvalue weighted by Gasteiger charge is -2.36. The average molecular weight is 828 g/mol. The second kappa shape index (κ2) is 18.3. The number of imidazole rings is 1. The van der Waals surface area contributed by atoms with Gasteiger partial charge in [-0.1, -0.05) is 0 Å². The molecule has 7 rings (SSSR count). The van der Waals surface area contributed by atoms with Crippen LogP contribution in [0.15, 0.2) is 58.0 Å². The molecular weight excluding hydrogens is 775 g/mol. The first-order valence-electron chi connectivity index (χ1n) is 20.4. The molecule has 0 bridgehead atoms. The highest BCUT2D eigenvalue weighted by Gasteiger charge is 2.40. The Balaban J connectivity index is 1.12. The van der Waals surface area contributed by atoms with Gasteiger partial charge in [0, 0.05) is 62.7 Å². The molecule has 0 spiro atoms. The van der Waals surface area contributed by atoms with E-state index in [0.29, 0.717) is 29.2 Å². The van der Waals surface area contributed by atoms with E-state index in [0.717, 1.165) is 37.2 Å². The molecular formula is C40H51N12O6P. The van der Waals surface area contributed by atoms with Gasteiger partial charge in [0.05, 0.1) is 29.9 Å². The molecule has 5 N–H and O–H groups in total. The smallest absolute Gasteiger partial charge is 0.280 e. The molecule has 18 nitrogen and oxygen atoms in total.